The summed E-state index contributed by atoms with van der Waals surface area (Å²) in [5, 5.41) is 6.90. The molecule has 140 valence electrons. The summed E-state index contributed by atoms with van der Waals surface area (Å²) in [4.78, 5) is 14.7. The Kier molecular flexibility index (Phi) is 5.71. The number of halogens is 1. The van der Waals surface area contributed by atoms with E-state index in [1.807, 2.05) is 0 Å². The van der Waals surface area contributed by atoms with E-state index in [0.29, 0.717) is 17.8 Å². The second-order valence-electron chi connectivity index (χ2n) is 7.30. The molecular formula is C20H26FN3O2. The van der Waals surface area contributed by atoms with E-state index in [-0.39, 0.29) is 23.0 Å². The minimum absolute atomic E-state index is 0.0163. The molecule has 0 atom stereocenters. The molecule has 1 N–H and O–H groups in total. The van der Waals surface area contributed by atoms with Crippen LogP contribution in [0.3, 0.4) is 0 Å². The molecule has 2 aromatic rings. The minimum Gasteiger partial charge on any atom is -0.350 e. The van der Waals surface area contributed by atoms with Crippen LogP contribution in [0.25, 0.3) is 11.3 Å². The van der Waals surface area contributed by atoms with Crippen LogP contribution >= 0.6 is 0 Å². The molecule has 0 unspecified atom stereocenters. The number of aromatic nitrogens is 1. The van der Waals surface area contributed by atoms with Gasteiger partial charge in [-0.2, -0.15) is 0 Å². The van der Waals surface area contributed by atoms with Crippen molar-refractivity contribution in [2.45, 2.75) is 44.1 Å². The Labute approximate surface area is 153 Å². The Morgan fingerprint density at radius 2 is 1.96 bits per heavy atom. The standard InChI is InChI=1S/C20H26FN3O2/c1-24(2)20(10-5-3-4-6-11-20)14-22-19(25)18-13-17(23-26-18)15-8-7-9-16(21)12-15/h7-9,12-13H,3-6,10-11,14H2,1-2H3,(H,22,25). The summed E-state index contributed by atoms with van der Waals surface area (Å²) >= 11 is 0. The fourth-order valence-corrected chi connectivity index (χ4v) is 3.67. The summed E-state index contributed by atoms with van der Waals surface area (Å²) < 4.78 is 18.5. The van der Waals surface area contributed by atoms with Gasteiger partial charge in [-0.3, -0.25) is 4.79 Å². The zero-order chi connectivity index (χ0) is 18.6. The van der Waals surface area contributed by atoms with Gasteiger partial charge < -0.3 is 14.7 Å². The van der Waals surface area contributed by atoms with Crippen LogP contribution < -0.4 is 5.32 Å². The van der Waals surface area contributed by atoms with Gasteiger partial charge in [-0.1, -0.05) is 43.0 Å². The highest BCUT2D eigenvalue weighted by atomic mass is 19.1. The maximum atomic E-state index is 13.4. The highest BCUT2D eigenvalue weighted by Gasteiger charge is 2.33. The van der Waals surface area contributed by atoms with E-state index in [1.165, 1.54) is 37.8 Å². The third kappa shape index (κ3) is 4.12. The van der Waals surface area contributed by atoms with Gasteiger partial charge in [0.15, 0.2) is 0 Å². The number of carbonyl (C=O) groups is 1. The van der Waals surface area contributed by atoms with Crippen LogP contribution in [0, 0.1) is 5.82 Å². The van der Waals surface area contributed by atoms with Crippen molar-refractivity contribution >= 4 is 5.91 Å². The first kappa shape index (κ1) is 18.6. The van der Waals surface area contributed by atoms with E-state index in [4.69, 9.17) is 4.52 Å². The van der Waals surface area contributed by atoms with Crippen molar-refractivity contribution in [3.63, 3.8) is 0 Å². The average molecular weight is 359 g/mol. The first-order valence-corrected chi connectivity index (χ1v) is 9.18. The highest BCUT2D eigenvalue weighted by molar-refractivity contribution is 5.92. The molecule has 6 heteroatoms. The van der Waals surface area contributed by atoms with E-state index in [2.05, 4.69) is 29.5 Å². The van der Waals surface area contributed by atoms with Crippen molar-refractivity contribution in [3.8, 4) is 11.3 Å². The lowest BCUT2D eigenvalue weighted by atomic mass is 9.88. The van der Waals surface area contributed by atoms with Crippen molar-refractivity contribution in [2.75, 3.05) is 20.6 Å². The van der Waals surface area contributed by atoms with Crippen molar-refractivity contribution in [3.05, 3.63) is 41.9 Å². The topological polar surface area (TPSA) is 58.4 Å². The third-order valence-electron chi connectivity index (χ3n) is 5.42. The zero-order valence-corrected chi connectivity index (χ0v) is 15.4. The lowest BCUT2D eigenvalue weighted by molar-refractivity contribution is 0.0836. The number of likely N-dealkylation sites (N-methyl/N-ethyl adjacent to an activating group) is 1. The first-order valence-electron chi connectivity index (χ1n) is 9.18. The van der Waals surface area contributed by atoms with Crippen LogP contribution in [0.4, 0.5) is 4.39 Å². The van der Waals surface area contributed by atoms with Gasteiger partial charge in [-0.25, -0.2) is 4.39 Å². The van der Waals surface area contributed by atoms with Gasteiger partial charge in [-0.05, 0) is 39.1 Å². The van der Waals surface area contributed by atoms with Crippen LogP contribution in [0.5, 0.6) is 0 Å². The number of rotatable bonds is 5. The maximum absolute atomic E-state index is 13.4. The van der Waals surface area contributed by atoms with Gasteiger partial charge in [0.2, 0.25) is 5.76 Å². The molecule has 0 aliphatic heterocycles. The number of hydrogen-bond acceptors (Lipinski definition) is 4. The second kappa shape index (κ2) is 7.99. The van der Waals surface area contributed by atoms with Crippen LogP contribution in [-0.4, -0.2) is 42.1 Å². The van der Waals surface area contributed by atoms with Crippen molar-refractivity contribution in [1.82, 2.24) is 15.4 Å². The van der Waals surface area contributed by atoms with Crippen molar-refractivity contribution < 1.29 is 13.7 Å². The van der Waals surface area contributed by atoms with Gasteiger partial charge in [0.1, 0.15) is 11.5 Å². The molecule has 0 bridgehead atoms. The molecule has 1 aliphatic rings. The molecule has 1 amide bonds. The Balaban J connectivity index is 1.68. The molecule has 1 fully saturated rings. The molecular weight excluding hydrogens is 333 g/mol. The number of carbonyl (C=O) groups excluding carboxylic acids is 1. The Hall–Kier alpha value is -2.21. The van der Waals surface area contributed by atoms with E-state index in [0.717, 1.165) is 12.8 Å². The molecule has 1 aliphatic carbocycles. The summed E-state index contributed by atoms with van der Waals surface area (Å²) in [6.07, 6.45) is 7.02. The predicted octanol–water partition coefficient (Wildman–Crippen LogP) is 3.87. The largest absolute Gasteiger partial charge is 0.350 e. The van der Waals surface area contributed by atoms with E-state index >= 15 is 0 Å². The van der Waals surface area contributed by atoms with E-state index < -0.39 is 0 Å². The number of nitrogens with one attached hydrogen (secondary N) is 1. The highest BCUT2D eigenvalue weighted by Crippen LogP contribution is 2.30. The summed E-state index contributed by atoms with van der Waals surface area (Å²) in [6.45, 7) is 0.578. The van der Waals surface area contributed by atoms with Gasteiger partial charge in [0, 0.05) is 23.7 Å². The predicted molar refractivity (Wildman–Crippen MR) is 98.4 cm³/mol. The molecule has 1 aromatic heterocycles. The molecule has 5 nitrogen and oxygen atoms in total. The Bertz CT molecular complexity index is 749. The Morgan fingerprint density at radius 1 is 1.23 bits per heavy atom. The van der Waals surface area contributed by atoms with E-state index in [1.54, 1.807) is 18.2 Å². The molecule has 26 heavy (non-hydrogen) atoms. The fraction of sp³-hybridized carbons (Fsp3) is 0.500. The van der Waals surface area contributed by atoms with Crippen molar-refractivity contribution in [1.29, 1.82) is 0 Å². The van der Waals surface area contributed by atoms with Crippen molar-refractivity contribution in [2.24, 2.45) is 0 Å². The maximum Gasteiger partial charge on any atom is 0.289 e. The normalized spacial score (nSPS) is 17.1. The first-order chi connectivity index (χ1) is 12.5. The summed E-state index contributed by atoms with van der Waals surface area (Å²) in [7, 11) is 4.15. The van der Waals surface area contributed by atoms with Crippen LogP contribution in [0.2, 0.25) is 0 Å². The van der Waals surface area contributed by atoms with Gasteiger partial charge >= 0.3 is 0 Å². The van der Waals surface area contributed by atoms with Gasteiger partial charge in [-0.15, -0.1) is 0 Å². The smallest absolute Gasteiger partial charge is 0.289 e. The SMILES string of the molecule is CN(C)C1(CNC(=O)c2cc(-c3cccc(F)c3)no2)CCCCCC1. The molecule has 0 radical (unpaired) electrons. The molecule has 3 rings (SSSR count). The monoisotopic (exact) mass is 359 g/mol. The Morgan fingerprint density at radius 3 is 2.62 bits per heavy atom. The fourth-order valence-electron chi connectivity index (χ4n) is 3.67. The number of hydrogen-bond donors (Lipinski definition) is 1. The summed E-state index contributed by atoms with van der Waals surface area (Å²) in [6, 6.07) is 7.62. The van der Waals surface area contributed by atoms with Crippen LogP contribution in [0.1, 0.15) is 49.1 Å². The zero-order valence-electron chi connectivity index (χ0n) is 15.4. The molecule has 0 saturated heterocycles. The second-order valence-corrected chi connectivity index (χ2v) is 7.30. The molecule has 1 aromatic carbocycles. The van der Waals surface area contributed by atoms with E-state index in [9.17, 15) is 9.18 Å². The molecule has 0 spiro atoms. The average Bonchev–Trinajstić information content (AvgIpc) is 2.99. The van der Waals surface area contributed by atoms with Crippen LogP contribution in [0.15, 0.2) is 34.9 Å². The minimum atomic E-state index is -0.349. The number of amides is 1. The lowest BCUT2D eigenvalue weighted by Crippen LogP contribution is -2.52. The van der Waals surface area contributed by atoms with Gasteiger partial charge in [0.05, 0.1) is 0 Å². The quantitative estimate of drug-likeness (QED) is 0.824. The summed E-state index contributed by atoms with van der Waals surface area (Å²) in [5.74, 6) is -0.491. The molecule has 1 heterocycles. The lowest BCUT2D eigenvalue weighted by Gasteiger charge is -2.39. The van der Waals surface area contributed by atoms with Crippen LogP contribution in [-0.2, 0) is 0 Å². The third-order valence-corrected chi connectivity index (χ3v) is 5.42. The number of benzene rings is 1. The number of nitrogens with zero attached hydrogens (tertiary/aromatic N) is 2. The van der Waals surface area contributed by atoms with Gasteiger partial charge in [0.25, 0.3) is 5.91 Å². The summed E-state index contributed by atoms with van der Waals surface area (Å²) in [5.41, 5.74) is 1.02. The molecule has 1 saturated carbocycles.